The van der Waals surface area contributed by atoms with E-state index in [2.05, 4.69) is 45.0 Å². The first-order chi connectivity index (χ1) is 13.1. The van der Waals surface area contributed by atoms with Crippen molar-refractivity contribution < 1.29 is 5.11 Å². The smallest absolute Gasteiger partial charge is 0.128 e. The molecule has 0 saturated carbocycles. The molecule has 2 saturated heterocycles. The van der Waals surface area contributed by atoms with Gasteiger partial charge in [0.2, 0.25) is 0 Å². The van der Waals surface area contributed by atoms with Crippen LogP contribution in [0.25, 0.3) is 0 Å². The summed E-state index contributed by atoms with van der Waals surface area (Å²) in [5, 5.41) is 14.0. The van der Waals surface area contributed by atoms with Gasteiger partial charge in [-0.2, -0.15) is 0 Å². The summed E-state index contributed by atoms with van der Waals surface area (Å²) in [6, 6.07) is 6.29. The van der Waals surface area contributed by atoms with Gasteiger partial charge >= 0.3 is 0 Å². The van der Waals surface area contributed by atoms with Crippen LogP contribution in [0.4, 0.5) is 5.82 Å². The Labute approximate surface area is 165 Å². The predicted octanol–water partition coefficient (Wildman–Crippen LogP) is 2.03. The molecule has 2 fully saturated rings. The third-order valence-electron chi connectivity index (χ3n) is 5.61. The summed E-state index contributed by atoms with van der Waals surface area (Å²) in [4.78, 5) is 16.3. The summed E-state index contributed by atoms with van der Waals surface area (Å²) in [6.45, 7) is 10.7. The van der Waals surface area contributed by atoms with Gasteiger partial charge in [-0.1, -0.05) is 19.9 Å². The highest BCUT2D eigenvalue weighted by atomic mass is 32.1. The normalized spacial score (nSPS) is 24.8. The second-order valence-corrected chi connectivity index (χ2v) is 8.80. The third kappa shape index (κ3) is 4.32. The fourth-order valence-electron chi connectivity index (χ4n) is 4.01. The van der Waals surface area contributed by atoms with Crippen molar-refractivity contribution in [3.63, 3.8) is 0 Å². The van der Waals surface area contributed by atoms with Crippen LogP contribution in [-0.2, 0) is 6.54 Å². The van der Waals surface area contributed by atoms with E-state index in [1.165, 1.54) is 5.69 Å². The van der Waals surface area contributed by atoms with Crippen LogP contribution < -0.4 is 4.90 Å². The van der Waals surface area contributed by atoms with E-state index in [4.69, 9.17) is 4.98 Å². The predicted molar refractivity (Wildman–Crippen MR) is 109 cm³/mol. The van der Waals surface area contributed by atoms with Gasteiger partial charge in [0.05, 0.1) is 18.3 Å². The zero-order valence-electron chi connectivity index (χ0n) is 16.2. The van der Waals surface area contributed by atoms with Gasteiger partial charge in [0.15, 0.2) is 0 Å². The quantitative estimate of drug-likeness (QED) is 0.847. The third-order valence-corrected chi connectivity index (χ3v) is 6.46. The zero-order valence-corrected chi connectivity index (χ0v) is 17.0. The van der Waals surface area contributed by atoms with E-state index in [0.717, 1.165) is 56.6 Å². The number of likely N-dealkylation sites (tertiary alicyclic amines) is 1. The molecule has 0 aliphatic carbocycles. The van der Waals surface area contributed by atoms with Crippen molar-refractivity contribution >= 4 is 17.2 Å². The van der Waals surface area contributed by atoms with Crippen LogP contribution in [0.1, 0.15) is 30.5 Å². The van der Waals surface area contributed by atoms with Gasteiger partial charge in [0, 0.05) is 56.9 Å². The topological polar surface area (TPSA) is 55.7 Å². The molecule has 2 atom stereocenters. The van der Waals surface area contributed by atoms with Crippen LogP contribution in [0, 0.1) is 0 Å². The fourth-order valence-corrected chi connectivity index (χ4v) is 5.01. The second-order valence-electron chi connectivity index (χ2n) is 7.86. The van der Waals surface area contributed by atoms with Crippen molar-refractivity contribution in [2.45, 2.75) is 38.5 Å². The molecule has 7 heteroatoms. The lowest BCUT2D eigenvalue weighted by molar-refractivity contribution is 0.0790. The molecule has 2 aliphatic rings. The Balaban J connectivity index is 1.31. The molecule has 27 heavy (non-hydrogen) atoms. The lowest BCUT2D eigenvalue weighted by atomic mass is 10.1. The van der Waals surface area contributed by atoms with Crippen LogP contribution >= 0.6 is 11.3 Å². The standard InChI is InChI=1S/C20H29N5OS/c1-15(2)16-14-27-20(22-16)13-23-11-17(18(26)12-23)24-7-9-25(10-8-24)19-5-3-4-6-21-19/h3-6,14-15,17-18,26H,7-13H2,1-2H3/t17-,18-/m0/s1. The van der Waals surface area contributed by atoms with E-state index >= 15 is 0 Å². The average molecular weight is 388 g/mol. The molecular weight excluding hydrogens is 358 g/mol. The van der Waals surface area contributed by atoms with Crippen molar-refractivity contribution in [1.82, 2.24) is 19.8 Å². The molecule has 0 bridgehead atoms. The fraction of sp³-hybridized carbons (Fsp3) is 0.600. The number of rotatable bonds is 5. The summed E-state index contributed by atoms with van der Waals surface area (Å²) in [6.07, 6.45) is 1.57. The molecule has 0 radical (unpaired) electrons. The monoisotopic (exact) mass is 387 g/mol. The zero-order chi connectivity index (χ0) is 18.8. The van der Waals surface area contributed by atoms with Gasteiger partial charge in [0.25, 0.3) is 0 Å². The van der Waals surface area contributed by atoms with E-state index in [1.54, 1.807) is 11.3 Å². The largest absolute Gasteiger partial charge is 0.390 e. The van der Waals surface area contributed by atoms with E-state index < -0.39 is 0 Å². The first kappa shape index (κ1) is 18.8. The number of piperazine rings is 1. The molecule has 0 unspecified atom stereocenters. The Morgan fingerprint density at radius 2 is 2.00 bits per heavy atom. The highest BCUT2D eigenvalue weighted by molar-refractivity contribution is 7.09. The molecule has 0 amide bonds. The number of thiazole rings is 1. The Hall–Kier alpha value is -1.54. The van der Waals surface area contributed by atoms with Gasteiger partial charge in [-0.05, 0) is 18.1 Å². The minimum Gasteiger partial charge on any atom is -0.390 e. The number of aliphatic hydroxyl groups is 1. The minimum absolute atomic E-state index is 0.223. The van der Waals surface area contributed by atoms with E-state index in [1.807, 2.05) is 18.3 Å². The van der Waals surface area contributed by atoms with Gasteiger partial charge in [-0.15, -0.1) is 11.3 Å². The molecule has 2 aromatic heterocycles. The van der Waals surface area contributed by atoms with Gasteiger partial charge in [-0.3, -0.25) is 9.80 Å². The number of aromatic nitrogens is 2. The molecule has 2 aromatic rings. The number of hydrogen-bond donors (Lipinski definition) is 1. The van der Waals surface area contributed by atoms with Gasteiger partial charge < -0.3 is 10.0 Å². The SMILES string of the molecule is CC(C)c1csc(CN2C[C@H](O)[C@@H](N3CCN(c4ccccn4)CC3)C2)n1. The van der Waals surface area contributed by atoms with Crippen molar-refractivity contribution in [3.05, 3.63) is 40.5 Å². The number of hydrogen-bond acceptors (Lipinski definition) is 7. The highest BCUT2D eigenvalue weighted by Gasteiger charge is 2.37. The second kappa shape index (κ2) is 8.22. The minimum atomic E-state index is -0.282. The van der Waals surface area contributed by atoms with Crippen LogP contribution in [0.2, 0.25) is 0 Å². The Kier molecular flexibility index (Phi) is 5.73. The average Bonchev–Trinajstić information content (AvgIpc) is 3.30. The molecule has 6 nitrogen and oxygen atoms in total. The lowest BCUT2D eigenvalue weighted by Crippen LogP contribution is -2.53. The summed E-state index contributed by atoms with van der Waals surface area (Å²) in [5.74, 6) is 1.53. The molecule has 1 N–H and O–H groups in total. The molecule has 146 valence electrons. The highest BCUT2D eigenvalue weighted by Crippen LogP contribution is 2.24. The maximum Gasteiger partial charge on any atom is 0.128 e. The Morgan fingerprint density at radius 1 is 1.19 bits per heavy atom. The number of aliphatic hydroxyl groups excluding tert-OH is 1. The van der Waals surface area contributed by atoms with Gasteiger partial charge in [0.1, 0.15) is 10.8 Å². The van der Waals surface area contributed by atoms with Gasteiger partial charge in [-0.25, -0.2) is 9.97 Å². The molecule has 4 rings (SSSR count). The first-order valence-corrected chi connectivity index (χ1v) is 10.7. The Morgan fingerprint density at radius 3 is 2.67 bits per heavy atom. The van der Waals surface area contributed by atoms with Crippen LogP contribution in [0.5, 0.6) is 0 Å². The summed E-state index contributed by atoms with van der Waals surface area (Å²) >= 11 is 1.74. The number of β-amino-alcohol motifs (C(OH)–C–C–N with tert-alkyl or cyclic N) is 1. The van der Waals surface area contributed by atoms with E-state index in [-0.39, 0.29) is 12.1 Å². The van der Waals surface area contributed by atoms with E-state index in [9.17, 15) is 5.11 Å². The van der Waals surface area contributed by atoms with Crippen LogP contribution in [0.15, 0.2) is 29.8 Å². The van der Waals surface area contributed by atoms with E-state index in [0.29, 0.717) is 5.92 Å². The van der Waals surface area contributed by atoms with Crippen molar-refractivity contribution in [2.75, 3.05) is 44.2 Å². The molecule has 0 spiro atoms. The molecule has 0 aromatic carbocycles. The summed E-state index contributed by atoms with van der Waals surface area (Å²) < 4.78 is 0. The maximum atomic E-state index is 10.6. The molecule has 4 heterocycles. The summed E-state index contributed by atoms with van der Waals surface area (Å²) in [5.41, 5.74) is 1.18. The Bertz CT molecular complexity index is 729. The maximum absolute atomic E-state index is 10.6. The van der Waals surface area contributed by atoms with Crippen molar-refractivity contribution in [1.29, 1.82) is 0 Å². The van der Waals surface area contributed by atoms with Crippen molar-refractivity contribution in [2.24, 2.45) is 0 Å². The summed E-state index contributed by atoms with van der Waals surface area (Å²) in [7, 11) is 0. The van der Waals surface area contributed by atoms with Crippen LogP contribution in [-0.4, -0.2) is 76.3 Å². The lowest BCUT2D eigenvalue weighted by Gasteiger charge is -2.39. The molecular formula is C20H29N5OS. The van der Waals surface area contributed by atoms with Crippen molar-refractivity contribution in [3.8, 4) is 0 Å². The van der Waals surface area contributed by atoms with Crippen LogP contribution in [0.3, 0.4) is 0 Å². The molecule has 2 aliphatic heterocycles. The number of nitrogens with zero attached hydrogens (tertiary/aromatic N) is 5. The number of anilines is 1. The number of pyridine rings is 1. The first-order valence-electron chi connectivity index (χ1n) is 9.85.